The molecule has 0 N–H and O–H groups in total. The van der Waals surface area contributed by atoms with E-state index in [-0.39, 0.29) is 5.75 Å². The van der Waals surface area contributed by atoms with Crippen molar-refractivity contribution in [2.24, 2.45) is 0 Å². The second kappa shape index (κ2) is 3.32. The van der Waals surface area contributed by atoms with Gasteiger partial charge in [-0.15, -0.1) is 0 Å². The van der Waals surface area contributed by atoms with E-state index in [0.29, 0.717) is 12.2 Å². The van der Waals surface area contributed by atoms with Crippen LogP contribution in [0.15, 0.2) is 0 Å². The molecule has 0 aromatic carbocycles. The van der Waals surface area contributed by atoms with Crippen LogP contribution in [-0.2, 0) is 10.1 Å². The maximum Gasteiger partial charge on any atom is 0.0946 e. The lowest BCUT2D eigenvalue weighted by Crippen LogP contribution is -2.03. The smallest absolute Gasteiger partial charge is 0.0946 e. The van der Waals surface area contributed by atoms with Crippen LogP contribution in [0.1, 0.15) is 6.42 Å². The summed E-state index contributed by atoms with van der Waals surface area (Å²) in [6.07, 6.45) is 0.342. The Labute approximate surface area is 54.3 Å². The highest BCUT2D eigenvalue weighted by Crippen LogP contribution is 1.88. The van der Waals surface area contributed by atoms with Gasteiger partial charge in [-0.2, -0.15) is 12.6 Å². The van der Waals surface area contributed by atoms with Gasteiger partial charge >= 0.3 is 0 Å². The molecule has 0 fully saturated rings. The third-order valence-corrected chi connectivity index (χ3v) is 1.66. The quantitative estimate of drug-likeness (QED) is 0.455. The first-order chi connectivity index (χ1) is 3.56. The van der Waals surface area contributed by atoms with Crippen LogP contribution in [-0.4, -0.2) is 24.5 Å². The molecule has 0 aromatic rings. The summed E-state index contributed by atoms with van der Waals surface area (Å²) < 4.78 is 29.4. The van der Waals surface area contributed by atoms with Crippen LogP contribution in [0, 0.1) is 0 Å². The number of hydrogen-bond donors (Lipinski definition) is 1. The van der Waals surface area contributed by atoms with Gasteiger partial charge in [0, 0.05) is 5.75 Å². The van der Waals surface area contributed by atoms with Crippen molar-refractivity contribution >= 4 is 22.7 Å². The molecule has 0 rings (SSSR count). The van der Waals surface area contributed by atoms with Crippen LogP contribution >= 0.6 is 12.6 Å². The molecule has 0 bridgehead atoms. The molecular weight excluding hydrogens is 148 g/mol. The van der Waals surface area contributed by atoms with Gasteiger partial charge < -0.3 is 4.55 Å². The maximum atomic E-state index is 9.80. The number of hydrogen-bond acceptors (Lipinski definition) is 4. The second-order valence-electron chi connectivity index (χ2n) is 1.34. The van der Waals surface area contributed by atoms with Crippen LogP contribution in [0.25, 0.3) is 0 Å². The minimum Gasteiger partial charge on any atom is -0.748 e. The molecule has 8 heavy (non-hydrogen) atoms. The highest BCUT2D eigenvalue weighted by molar-refractivity contribution is 7.85. The fraction of sp³-hybridized carbons (Fsp3) is 1.00. The molecule has 0 unspecified atom stereocenters. The van der Waals surface area contributed by atoms with E-state index in [4.69, 9.17) is 0 Å². The van der Waals surface area contributed by atoms with Gasteiger partial charge in [0.2, 0.25) is 0 Å². The number of thiol groups is 1. The summed E-state index contributed by atoms with van der Waals surface area (Å²) in [5, 5.41) is 0. The predicted octanol–water partition coefficient (Wildman–Crippen LogP) is -0.148. The molecule has 0 aliphatic rings. The van der Waals surface area contributed by atoms with Crippen molar-refractivity contribution < 1.29 is 13.0 Å². The monoisotopic (exact) mass is 155 g/mol. The Morgan fingerprint density at radius 2 is 2.00 bits per heavy atom. The second-order valence-corrected chi connectivity index (χ2v) is 3.31. The maximum absolute atomic E-state index is 9.80. The van der Waals surface area contributed by atoms with Crippen molar-refractivity contribution in [3.05, 3.63) is 0 Å². The van der Waals surface area contributed by atoms with E-state index in [1.807, 2.05) is 0 Å². The Morgan fingerprint density at radius 1 is 1.50 bits per heavy atom. The highest BCUT2D eigenvalue weighted by Gasteiger charge is 1.90. The van der Waals surface area contributed by atoms with E-state index in [9.17, 15) is 13.0 Å². The zero-order valence-corrected chi connectivity index (χ0v) is 5.91. The lowest BCUT2D eigenvalue weighted by Gasteiger charge is -2.02. The topological polar surface area (TPSA) is 57.2 Å². The van der Waals surface area contributed by atoms with Crippen molar-refractivity contribution in [3.8, 4) is 0 Å². The van der Waals surface area contributed by atoms with Crippen LogP contribution < -0.4 is 0 Å². The van der Waals surface area contributed by atoms with Gasteiger partial charge in [0.1, 0.15) is 0 Å². The molecule has 0 saturated carbocycles. The van der Waals surface area contributed by atoms with Gasteiger partial charge in [-0.05, 0) is 12.2 Å². The minimum absolute atomic E-state index is 0.295. The normalized spacial score (nSPS) is 11.8. The summed E-state index contributed by atoms with van der Waals surface area (Å²) in [6.45, 7) is 0. The zero-order chi connectivity index (χ0) is 6.62. The Morgan fingerprint density at radius 3 is 2.12 bits per heavy atom. The van der Waals surface area contributed by atoms with Gasteiger partial charge in [0.15, 0.2) is 0 Å². The molecule has 0 radical (unpaired) electrons. The van der Waals surface area contributed by atoms with Crippen molar-refractivity contribution in [1.29, 1.82) is 0 Å². The zero-order valence-electron chi connectivity index (χ0n) is 4.20. The molecule has 0 spiro atoms. The summed E-state index contributed by atoms with van der Waals surface area (Å²) in [7, 11) is -3.99. The van der Waals surface area contributed by atoms with Crippen molar-refractivity contribution in [3.63, 3.8) is 0 Å². The first-order valence-electron chi connectivity index (χ1n) is 2.10. The number of rotatable bonds is 3. The Hall–Kier alpha value is 0.260. The van der Waals surface area contributed by atoms with Crippen LogP contribution in [0.5, 0.6) is 0 Å². The summed E-state index contributed by atoms with van der Waals surface area (Å²) in [5.41, 5.74) is 0. The molecule has 5 heteroatoms. The largest absolute Gasteiger partial charge is 0.748 e. The molecule has 0 aliphatic carbocycles. The van der Waals surface area contributed by atoms with E-state index < -0.39 is 10.1 Å². The summed E-state index contributed by atoms with van der Waals surface area (Å²) >= 11 is 3.73. The van der Waals surface area contributed by atoms with Crippen molar-refractivity contribution in [1.82, 2.24) is 0 Å². The molecule has 0 atom stereocenters. The third-order valence-electron chi connectivity index (χ3n) is 0.552. The molecule has 0 saturated heterocycles. The molecule has 3 nitrogen and oxygen atoms in total. The SMILES string of the molecule is O=S(=O)([O-])CCCS. The molecule has 0 aliphatic heterocycles. The predicted molar refractivity (Wildman–Crippen MR) is 33.0 cm³/mol. The molecular formula is C3H7O3S2-. The highest BCUT2D eigenvalue weighted by atomic mass is 32.2. The molecule has 0 amide bonds. The van der Waals surface area contributed by atoms with E-state index in [1.54, 1.807) is 0 Å². The average Bonchev–Trinajstić information content (AvgIpc) is 1.59. The molecule has 0 aromatic heterocycles. The summed E-state index contributed by atoms with van der Waals surface area (Å²) in [5.74, 6) is 0.151. The molecule has 50 valence electrons. The van der Waals surface area contributed by atoms with Crippen LogP contribution in [0.3, 0.4) is 0 Å². The van der Waals surface area contributed by atoms with Crippen LogP contribution in [0.2, 0.25) is 0 Å². The standard InChI is InChI=1S/C3H8O3S2/c4-8(5,6)3-1-2-7/h7H,1-3H2,(H,4,5,6)/p-1. The van der Waals surface area contributed by atoms with E-state index in [0.717, 1.165) is 0 Å². The van der Waals surface area contributed by atoms with Crippen molar-refractivity contribution in [2.45, 2.75) is 6.42 Å². The summed E-state index contributed by atoms with van der Waals surface area (Å²) in [6, 6.07) is 0. The van der Waals surface area contributed by atoms with Gasteiger partial charge in [-0.3, -0.25) is 0 Å². The Kier molecular flexibility index (Phi) is 3.43. The first-order valence-corrected chi connectivity index (χ1v) is 4.31. The van der Waals surface area contributed by atoms with Gasteiger partial charge in [0.05, 0.1) is 10.1 Å². The van der Waals surface area contributed by atoms with E-state index >= 15 is 0 Å². The Bertz CT molecular complexity index is 137. The van der Waals surface area contributed by atoms with E-state index in [2.05, 4.69) is 12.6 Å². The summed E-state index contributed by atoms with van der Waals surface area (Å²) in [4.78, 5) is 0. The van der Waals surface area contributed by atoms with Gasteiger partial charge in [-0.1, -0.05) is 0 Å². The third kappa shape index (κ3) is 6.26. The fourth-order valence-electron chi connectivity index (χ4n) is 0.241. The van der Waals surface area contributed by atoms with Crippen LogP contribution in [0.4, 0.5) is 0 Å². The molecule has 0 heterocycles. The lowest BCUT2D eigenvalue weighted by atomic mass is 10.6. The Balaban J connectivity index is 3.42. The first kappa shape index (κ1) is 8.26. The fourth-order valence-corrected chi connectivity index (χ4v) is 1.11. The van der Waals surface area contributed by atoms with Gasteiger partial charge in [0.25, 0.3) is 0 Å². The lowest BCUT2D eigenvalue weighted by molar-refractivity contribution is 0.462. The average molecular weight is 155 g/mol. The van der Waals surface area contributed by atoms with Crippen molar-refractivity contribution in [2.75, 3.05) is 11.5 Å². The van der Waals surface area contributed by atoms with E-state index in [1.165, 1.54) is 0 Å². The minimum atomic E-state index is -3.99. The van der Waals surface area contributed by atoms with Gasteiger partial charge in [-0.25, -0.2) is 8.42 Å².